The van der Waals surface area contributed by atoms with E-state index in [1.165, 1.54) is 12.8 Å². The zero-order chi connectivity index (χ0) is 12.4. The number of aromatic nitrogens is 3. The Kier molecular flexibility index (Phi) is 3.09. The molecule has 2 aliphatic rings. The molecule has 0 fully saturated rings. The molecular formula is C13H17N5. The third kappa shape index (κ3) is 1.92. The van der Waals surface area contributed by atoms with Crippen LogP contribution in [0, 0.1) is 11.3 Å². The van der Waals surface area contributed by atoms with Gasteiger partial charge < -0.3 is 4.57 Å². The Morgan fingerprint density at radius 1 is 1.11 bits per heavy atom. The van der Waals surface area contributed by atoms with Gasteiger partial charge >= 0.3 is 0 Å². The lowest BCUT2D eigenvalue weighted by Crippen LogP contribution is -2.16. The Hall–Kier alpha value is -1.70. The zero-order valence-electron chi connectivity index (χ0n) is 10.5. The van der Waals surface area contributed by atoms with Crippen LogP contribution in [0.5, 0.6) is 0 Å². The maximum absolute atomic E-state index is 9.42. The highest BCUT2D eigenvalue weighted by Crippen LogP contribution is 2.24. The maximum atomic E-state index is 9.42. The Morgan fingerprint density at radius 2 is 2.06 bits per heavy atom. The van der Waals surface area contributed by atoms with Gasteiger partial charge in [0.15, 0.2) is 5.82 Å². The van der Waals surface area contributed by atoms with Crippen LogP contribution in [0.25, 0.3) is 0 Å². The van der Waals surface area contributed by atoms with Gasteiger partial charge in [-0.25, -0.2) is 0 Å². The number of aliphatic imine (C=N–C) groups is 1. The van der Waals surface area contributed by atoms with E-state index in [1.54, 1.807) is 0 Å². The minimum absolute atomic E-state index is 0.285. The quantitative estimate of drug-likeness (QED) is 0.796. The first kappa shape index (κ1) is 11.4. The lowest BCUT2D eigenvalue weighted by atomic mass is 10.0. The molecule has 0 N–H and O–H groups in total. The minimum atomic E-state index is -0.285. The van der Waals surface area contributed by atoms with Gasteiger partial charge in [0.05, 0.1) is 6.07 Å². The van der Waals surface area contributed by atoms with Gasteiger partial charge in [-0.2, -0.15) is 5.26 Å². The molecule has 0 saturated carbocycles. The summed E-state index contributed by atoms with van der Waals surface area (Å²) in [7, 11) is 0. The van der Waals surface area contributed by atoms with E-state index in [2.05, 4.69) is 25.8 Å². The summed E-state index contributed by atoms with van der Waals surface area (Å²) in [5, 5.41) is 17.9. The largest absolute Gasteiger partial charge is 0.314 e. The Bertz CT molecular complexity index is 508. The van der Waals surface area contributed by atoms with E-state index >= 15 is 0 Å². The van der Waals surface area contributed by atoms with Crippen LogP contribution in [0.3, 0.4) is 0 Å². The van der Waals surface area contributed by atoms with Crippen LogP contribution in [-0.2, 0) is 13.0 Å². The number of nitrogens with zero attached hydrogens (tertiary/aromatic N) is 5. The molecule has 3 rings (SSSR count). The zero-order valence-corrected chi connectivity index (χ0v) is 10.5. The molecule has 1 aromatic heterocycles. The molecule has 5 nitrogen and oxygen atoms in total. The monoisotopic (exact) mass is 243 g/mol. The summed E-state index contributed by atoms with van der Waals surface area (Å²) in [6, 6.07) is 2.36. The van der Waals surface area contributed by atoms with Gasteiger partial charge in [0.2, 0.25) is 0 Å². The summed E-state index contributed by atoms with van der Waals surface area (Å²) < 4.78 is 2.15. The van der Waals surface area contributed by atoms with Gasteiger partial charge in [-0.05, 0) is 25.7 Å². The van der Waals surface area contributed by atoms with Crippen LogP contribution < -0.4 is 0 Å². The minimum Gasteiger partial charge on any atom is -0.314 e. The van der Waals surface area contributed by atoms with Crippen LogP contribution in [0.4, 0.5) is 0 Å². The van der Waals surface area contributed by atoms with E-state index in [0.29, 0.717) is 0 Å². The molecule has 0 aromatic carbocycles. The van der Waals surface area contributed by atoms with Crippen molar-refractivity contribution in [2.75, 3.05) is 6.54 Å². The summed E-state index contributed by atoms with van der Waals surface area (Å²) in [4.78, 5) is 4.45. The summed E-state index contributed by atoms with van der Waals surface area (Å²) >= 11 is 0. The number of fused-ring (bicyclic) bond motifs is 1. The second-order valence-corrected chi connectivity index (χ2v) is 4.98. The standard InChI is InChI=1S/C13H17N5/c14-9-10(11-5-4-7-15-11)13-17-16-12-6-2-1-3-8-18(12)13/h10H,1-8H2/t10-/m0/s1. The second-order valence-electron chi connectivity index (χ2n) is 4.98. The highest BCUT2D eigenvalue weighted by atomic mass is 15.3. The van der Waals surface area contributed by atoms with Gasteiger partial charge in [0.25, 0.3) is 0 Å². The lowest BCUT2D eigenvalue weighted by molar-refractivity contribution is 0.608. The number of rotatable bonds is 2. The number of hydrogen-bond acceptors (Lipinski definition) is 4. The average molecular weight is 243 g/mol. The molecule has 3 heterocycles. The molecule has 1 aromatic rings. The fraction of sp³-hybridized carbons (Fsp3) is 0.692. The summed E-state index contributed by atoms with van der Waals surface area (Å²) in [5.41, 5.74) is 0.997. The predicted molar refractivity (Wildman–Crippen MR) is 67.5 cm³/mol. The van der Waals surface area contributed by atoms with Crippen molar-refractivity contribution in [2.24, 2.45) is 4.99 Å². The molecule has 0 bridgehead atoms. The summed E-state index contributed by atoms with van der Waals surface area (Å²) in [6.45, 7) is 1.80. The van der Waals surface area contributed by atoms with E-state index in [0.717, 1.165) is 56.1 Å². The van der Waals surface area contributed by atoms with Gasteiger partial charge in [-0.15, -0.1) is 10.2 Å². The van der Waals surface area contributed by atoms with E-state index < -0.39 is 0 Å². The van der Waals surface area contributed by atoms with Crippen molar-refractivity contribution in [2.45, 2.75) is 51.0 Å². The SMILES string of the molecule is N#C[C@@H](C1=NCCC1)c1nnc2n1CCCCC2. The fourth-order valence-electron chi connectivity index (χ4n) is 2.80. The average Bonchev–Trinajstić information content (AvgIpc) is 2.98. The van der Waals surface area contributed by atoms with Crippen LogP contribution in [0.1, 0.15) is 49.7 Å². The second kappa shape index (κ2) is 4.89. The molecular weight excluding hydrogens is 226 g/mol. The maximum Gasteiger partial charge on any atom is 0.156 e. The van der Waals surface area contributed by atoms with E-state index in [-0.39, 0.29) is 5.92 Å². The van der Waals surface area contributed by atoms with Crippen LogP contribution in [0.15, 0.2) is 4.99 Å². The molecule has 18 heavy (non-hydrogen) atoms. The third-order valence-electron chi connectivity index (χ3n) is 3.76. The molecule has 0 spiro atoms. The van der Waals surface area contributed by atoms with Gasteiger partial charge in [0.1, 0.15) is 11.7 Å². The fourth-order valence-corrected chi connectivity index (χ4v) is 2.80. The number of hydrogen-bond donors (Lipinski definition) is 0. The van der Waals surface area contributed by atoms with Crippen LogP contribution in [0.2, 0.25) is 0 Å². The topological polar surface area (TPSA) is 66.9 Å². The van der Waals surface area contributed by atoms with Gasteiger partial charge in [0, 0.05) is 25.2 Å². The highest BCUT2D eigenvalue weighted by molar-refractivity contribution is 5.93. The van der Waals surface area contributed by atoms with E-state index in [1.807, 2.05) is 0 Å². The Morgan fingerprint density at radius 3 is 2.83 bits per heavy atom. The molecule has 0 aliphatic carbocycles. The summed E-state index contributed by atoms with van der Waals surface area (Å²) in [6.07, 6.45) is 6.55. The molecule has 0 amide bonds. The van der Waals surface area contributed by atoms with Crippen molar-refractivity contribution in [3.8, 4) is 6.07 Å². The molecule has 1 atom stereocenters. The third-order valence-corrected chi connectivity index (χ3v) is 3.76. The molecule has 2 aliphatic heterocycles. The normalized spacial score (nSPS) is 20.7. The smallest absolute Gasteiger partial charge is 0.156 e. The Labute approximate surface area is 107 Å². The number of nitriles is 1. The van der Waals surface area contributed by atoms with Crippen molar-refractivity contribution in [3.63, 3.8) is 0 Å². The van der Waals surface area contributed by atoms with Crippen molar-refractivity contribution >= 4 is 5.71 Å². The first-order chi connectivity index (χ1) is 8.90. The predicted octanol–water partition coefficient (Wildman–Crippen LogP) is 1.85. The van der Waals surface area contributed by atoms with Crippen molar-refractivity contribution in [1.29, 1.82) is 5.26 Å². The van der Waals surface area contributed by atoms with Crippen LogP contribution >= 0.6 is 0 Å². The van der Waals surface area contributed by atoms with Crippen molar-refractivity contribution < 1.29 is 0 Å². The molecule has 94 valence electrons. The van der Waals surface area contributed by atoms with Crippen molar-refractivity contribution in [1.82, 2.24) is 14.8 Å². The highest BCUT2D eigenvalue weighted by Gasteiger charge is 2.27. The first-order valence-corrected chi connectivity index (χ1v) is 6.75. The van der Waals surface area contributed by atoms with Crippen molar-refractivity contribution in [3.05, 3.63) is 11.6 Å². The van der Waals surface area contributed by atoms with Gasteiger partial charge in [-0.3, -0.25) is 4.99 Å². The molecule has 0 radical (unpaired) electrons. The van der Waals surface area contributed by atoms with E-state index in [4.69, 9.17) is 0 Å². The molecule has 0 unspecified atom stereocenters. The summed E-state index contributed by atoms with van der Waals surface area (Å²) in [5.74, 6) is 1.57. The molecule has 0 saturated heterocycles. The number of aryl methyl sites for hydroxylation is 1. The van der Waals surface area contributed by atoms with E-state index in [9.17, 15) is 5.26 Å². The van der Waals surface area contributed by atoms with Crippen LogP contribution in [-0.4, -0.2) is 27.0 Å². The first-order valence-electron chi connectivity index (χ1n) is 6.75. The Balaban J connectivity index is 1.96. The van der Waals surface area contributed by atoms with Gasteiger partial charge in [-0.1, -0.05) is 6.42 Å². The molecule has 5 heteroatoms. The lowest BCUT2D eigenvalue weighted by Gasteiger charge is -2.11.